The third-order valence-electron chi connectivity index (χ3n) is 4.04. The summed E-state index contributed by atoms with van der Waals surface area (Å²) in [6.07, 6.45) is 1.68. The minimum Gasteiger partial charge on any atom is -0.482 e. The molecule has 3 heterocycles. The lowest BCUT2D eigenvalue weighted by Gasteiger charge is -2.28. The second-order valence-electron chi connectivity index (χ2n) is 5.87. The Morgan fingerprint density at radius 2 is 2.07 bits per heavy atom. The number of pyridine rings is 1. The molecule has 0 bridgehead atoms. The van der Waals surface area contributed by atoms with Gasteiger partial charge in [-0.3, -0.25) is 19.5 Å². The number of fused-ring (bicyclic) bond motifs is 1. The highest BCUT2D eigenvalue weighted by atomic mass is 32.1. The number of rotatable bonds is 5. The number of nitrogens with zero attached hydrogens (tertiary/aromatic N) is 3. The summed E-state index contributed by atoms with van der Waals surface area (Å²) < 4.78 is 5.44. The lowest BCUT2D eigenvalue weighted by molar-refractivity contribution is -0.121. The summed E-state index contributed by atoms with van der Waals surface area (Å²) in [5.41, 5.74) is 1.82. The van der Waals surface area contributed by atoms with Crippen molar-refractivity contribution in [1.29, 1.82) is 0 Å². The van der Waals surface area contributed by atoms with Gasteiger partial charge < -0.3 is 10.1 Å². The van der Waals surface area contributed by atoms with Crippen molar-refractivity contribution in [3.63, 3.8) is 0 Å². The number of hydrogen-bond acceptors (Lipinski definition) is 6. The molecule has 0 atom stereocenters. The molecule has 2 aromatic heterocycles. The van der Waals surface area contributed by atoms with Crippen LogP contribution in [-0.4, -0.2) is 28.4 Å². The summed E-state index contributed by atoms with van der Waals surface area (Å²) in [5.74, 6) is 0.267. The van der Waals surface area contributed by atoms with Crippen LogP contribution >= 0.6 is 11.3 Å². The van der Waals surface area contributed by atoms with E-state index in [4.69, 9.17) is 4.74 Å². The first-order valence-corrected chi connectivity index (χ1v) is 9.23. The maximum Gasteiger partial charge on any atom is 0.271 e. The average molecular weight is 380 g/mol. The van der Waals surface area contributed by atoms with Crippen molar-refractivity contribution in [3.05, 3.63) is 70.4 Å². The van der Waals surface area contributed by atoms with E-state index >= 15 is 0 Å². The van der Waals surface area contributed by atoms with Crippen molar-refractivity contribution in [2.24, 2.45) is 0 Å². The number of thiazole rings is 1. The SMILES string of the molecule is O=C(NCc1ccccn1)c1csc(CN2C(=O)COc3ccccc32)n1. The first kappa shape index (κ1) is 17.2. The van der Waals surface area contributed by atoms with Gasteiger partial charge in [-0.2, -0.15) is 0 Å². The van der Waals surface area contributed by atoms with E-state index in [0.29, 0.717) is 35.2 Å². The first-order valence-electron chi connectivity index (χ1n) is 8.35. The van der Waals surface area contributed by atoms with Gasteiger partial charge in [0.15, 0.2) is 6.61 Å². The highest BCUT2D eigenvalue weighted by molar-refractivity contribution is 7.09. The van der Waals surface area contributed by atoms with Gasteiger partial charge in [0.1, 0.15) is 16.5 Å². The van der Waals surface area contributed by atoms with Crippen LogP contribution < -0.4 is 15.0 Å². The van der Waals surface area contributed by atoms with E-state index < -0.39 is 0 Å². The van der Waals surface area contributed by atoms with E-state index in [1.807, 2.05) is 42.5 Å². The van der Waals surface area contributed by atoms with Crippen molar-refractivity contribution in [3.8, 4) is 5.75 Å². The normalized spacial score (nSPS) is 13.0. The van der Waals surface area contributed by atoms with Gasteiger partial charge in [-0.25, -0.2) is 4.98 Å². The molecule has 1 aliphatic heterocycles. The van der Waals surface area contributed by atoms with Crippen molar-refractivity contribution in [1.82, 2.24) is 15.3 Å². The fraction of sp³-hybridized carbons (Fsp3) is 0.158. The lowest BCUT2D eigenvalue weighted by Crippen LogP contribution is -2.38. The third-order valence-corrected chi connectivity index (χ3v) is 4.88. The number of carbonyl (C=O) groups is 2. The molecule has 8 heteroatoms. The van der Waals surface area contributed by atoms with Crippen LogP contribution in [0.3, 0.4) is 0 Å². The molecule has 1 aliphatic rings. The van der Waals surface area contributed by atoms with Crippen LogP contribution in [0, 0.1) is 0 Å². The summed E-state index contributed by atoms with van der Waals surface area (Å²) in [6.45, 7) is 0.638. The highest BCUT2D eigenvalue weighted by Crippen LogP contribution is 2.32. The van der Waals surface area contributed by atoms with Gasteiger partial charge in [0.25, 0.3) is 11.8 Å². The van der Waals surface area contributed by atoms with Crippen molar-refractivity contribution in [2.45, 2.75) is 13.1 Å². The minimum atomic E-state index is -0.267. The molecule has 0 radical (unpaired) electrons. The second-order valence-corrected chi connectivity index (χ2v) is 6.81. The molecule has 1 N–H and O–H groups in total. The van der Waals surface area contributed by atoms with E-state index in [0.717, 1.165) is 5.69 Å². The quantitative estimate of drug-likeness (QED) is 0.735. The van der Waals surface area contributed by atoms with Crippen LogP contribution in [0.25, 0.3) is 0 Å². The summed E-state index contributed by atoms with van der Waals surface area (Å²) in [5, 5.41) is 5.18. The fourth-order valence-electron chi connectivity index (χ4n) is 2.71. The molecule has 4 rings (SSSR count). The maximum atomic E-state index is 12.3. The first-order chi connectivity index (χ1) is 13.2. The van der Waals surface area contributed by atoms with Gasteiger partial charge in [0.05, 0.1) is 24.5 Å². The Labute approximate surface area is 159 Å². The van der Waals surface area contributed by atoms with Gasteiger partial charge in [-0.05, 0) is 24.3 Å². The minimum absolute atomic E-state index is 0.000191. The number of amides is 2. The summed E-state index contributed by atoms with van der Waals surface area (Å²) in [4.78, 5) is 34.7. The third kappa shape index (κ3) is 3.80. The average Bonchev–Trinajstić information content (AvgIpc) is 3.18. The number of nitrogens with one attached hydrogen (secondary N) is 1. The number of aromatic nitrogens is 2. The Bertz CT molecular complexity index is 974. The van der Waals surface area contributed by atoms with Gasteiger partial charge >= 0.3 is 0 Å². The van der Waals surface area contributed by atoms with Crippen molar-refractivity contribution in [2.75, 3.05) is 11.5 Å². The van der Waals surface area contributed by atoms with Gasteiger partial charge in [-0.1, -0.05) is 18.2 Å². The molecular formula is C19H16N4O3S. The fourth-order valence-corrected chi connectivity index (χ4v) is 3.48. The van der Waals surface area contributed by atoms with Crippen LogP contribution in [0.2, 0.25) is 0 Å². The van der Waals surface area contributed by atoms with Crippen LogP contribution in [0.15, 0.2) is 54.0 Å². The van der Waals surface area contributed by atoms with Gasteiger partial charge in [0, 0.05) is 11.6 Å². The summed E-state index contributed by atoms with van der Waals surface area (Å²) >= 11 is 1.35. The molecule has 7 nitrogen and oxygen atoms in total. The van der Waals surface area contributed by atoms with E-state index in [1.165, 1.54) is 11.3 Å². The van der Waals surface area contributed by atoms with E-state index in [-0.39, 0.29) is 18.4 Å². The molecule has 0 spiro atoms. The molecule has 0 unspecified atom stereocenters. The zero-order valence-corrected chi connectivity index (χ0v) is 15.1. The molecular weight excluding hydrogens is 364 g/mol. The summed E-state index contributed by atoms with van der Waals surface area (Å²) in [7, 11) is 0. The molecule has 0 saturated carbocycles. The molecule has 0 fully saturated rings. The maximum absolute atomic E-state index is 12.3. The van der Waals surface area contributed by atoms with Gasteiger partial charge in [0.2, 0.25) is 0 Å². The Kier molecular flexibility index (Phi) is 4.80. The molecule has 0 saturated heterocycles. The molecule has 0 aliphatic carbocycles. The Morgan fingerprint density at radius 1 is 1.22 bits per heavy atom. The predicted octanol–water partition coefficient (Wildman–Crippen LogP) is 2.39. The standard InChI is InChI=1S/C19H16N4O3S/c24-18-11-26-16-7-2-1-6-15(16)23(18)10-17-22-14(12-27-17)19(25)21-9-13-5-3-4-8-20-13/h1-8,12H,9-11H2,(H,21,25). The molecule has 2 amide bonds. The predicted molar refractivity (Wildman–Crippen MR) is 101 cm³/mol. The Morgan fingerprint density at radius 3 is 2.93 bits per heavy atom. The number of hydrogen-bond donors (Lipinski definition) is 1. The van der Waals surface area contributed by atoms with Crippen LogP contribution in [0.1, 0.15) is 21.2 Å². The highest BCUT2D eigenvalue weighted by Gasteiger charge is 2.26. The molecule has 1 aromatic carbocycles. The Hall–Kier alpha value is -3.26. The smallest absolute Gasteiger partial charge is 0.271 e. The number of anilines is 1. The number of ether oxygens (including phenoxy) is 1. The van der Waals surface area contributed by atoms with Crippen molar-refractivity contribution >= 4 is 28.8 Å². The van der Waals surface area contributed by atoms with Crippen molar-refractivity contribution < 1.29 is 14.3 Å². The number of carbonyl (C=O) groups excluding carboxylic acids is 2. The summed E-state index contributed by atoms with van der Waals surface area (Å²) in [6, 6.07) is 12.9. The zero-order valence-electron chi connectivity index (χ0n) is 14.3. The molecule has 3 aromatic rings. The van der Waals surface area contributed by atoms with E-state index in [2.05, 4.69) is 15.3 Å². The topological polar surface area (TPSA) is 84.4 Å². The molecule has 27 heavy (non-hydrogen) atoms. The van der Waals surface area contributed by atoms with Gasteiger partial charge in [-0.15, -0.1) is 11.3 Å². The number of para-hydroxylation sites is 2. The van der Waals surface area contributed by atoms with E-state index in [1.54, 1.807) is 16.5 Å². The zero-order chi connectivity index (χ0) is 18.6. The molecule has 136 valence electrons. The largest absolute Gasteiger partial charge is 0.482 e. The van der Waals surface area contributed by atoms with Crippen LogP contribution in [0.4, 0.5) is 5.69 Å². The monoisotopic (exact) mass is 380 g/mol. The lowest BCUT2D eigenvalue weighted by atomic mass is 10.2. The van der Waals surface area contributed by atoms with Crippen LogP contribution in [-0.2, 0) is 17.9 Å². The van der Waals surface area contributed by atoms with E-state index in [9.17, 15) is 9.59 Å². The second kappa shape index (κ2) is 7.55. The van der Waals surface area contributed by atoms with Crippen LogP contribution in [0.5, 0.6) is 5.75 Å². The Balaban J connectivity index is 1.44. The number of benzene rings is 1.